The Kier molecular flexibility index (Phi) is 3.23. The monoisotopic (exact) mass is 244 g/mol. The van der Waals surface area contributed by atoms with Crippen LogP contribution in [0.1, 0.15) is 21.7 Å². The highest BCUT2D eigenvalue weighted by atomic mass is 16.5. The van der Waals surface area contributed by atoms with Gasteiger partial charge >= 0.3 is 5.97 Å². The SMILES string of the molecule is Cc1cnc(C)c(Oc2ccc(C(=O)O)cc2)n1. The summed E-state index contributed by atoms with van der Waals surface area (Å²) >= 11 is 0. The Labute approximate surface area is 104 Å². The molecule has 18 heavy (non-hydrogen) atoms. The van der Waals surface area contributed by atoms with Crippen molar-refractivity contribution in [3.05, 3.63) is 47.4 Å². The van der Waals surface area contributed by atoms with E-state index >= 15 is 0 Å². The highest BCUT2D eigenvalue weighted by molar-refractivity contribution is 5.87. The van der Waals surface area contributed by atoms with Gasteiger partial charge in [0.2, 0.25) is 5.88 Å². The lowest BCUT2D eigenvalue weighted by Crippen LogP contribution is -1.97. The fourth-order valence-corrected chi connectivity index (χ4v) is 1.39. The zero-order valence-electron chi connectivity index (χ0n) is 10.0. The van der Waals surface area contributed by atoms with E-state index in [0.717, 1.165) is 5.69 Å². The molecule has 5 nitrogen and oxygen atoms in total. The van der Waals surface area contributed by atoms with Crippen molar-refractivity contribution in [2.45, 2.75) is 13.8 Å². The standard InChI is InChI=1S/C13H12N2O3/c1-8-7-14-9(2)12(15-8)18-11-5-3-10(4-6-11)13(16)17/h3-7H,1-2H3,(H,16,17). The van der Waals surface area contributed by atoms with Gasteiger partial charge in [-0.15, -0.1) is 0 Å². The van der Waals surface area contributed by atoms with E-state index in [1.165, 1.54) is 12.1 Å². The minimum Gasteiger partial charge on any atom is -0.478 e. The third-order valence-electron chi connectivity index (χ3n) is 2.35. The Morgan fingerprint density at radius 3 is 2.50 bits per heavy atom. The molecule has 0 spiro atoms. The summed E-state index contributed by atoms with van der Waals surface area (Å²) in [5.41, 5.74) is 1.66. The van der Waals surface area contributed by atoms with E-state index < -0.39 is 5.97 Å². The second-order valence-corrected chi connectivity index (χ2v) is 3.83. The van der Waals surface area contributed by atoms with Gasteiger partial charge in [0.1, 0.15) is 5.75 Å². The van der Waals surface area contributed by atoms with Crippen LogP contribution < -0.4 is 4.74 Å². The summed E-state index contributed by atoms with van der Waals surface area (Å²) in [7, 11) is 0. The Hall–Kier alpha value is -2.43. The maximum atomic E-state index is 10.7. The van der Waals surface area contributed by atoms with Crippen LogP contribution >= 0.6 is 0 Å². The third-order valence-corrected chi connectivity index (χ3v) is 2.35. The highest BCUT2D eigenvalue weighted by Gasteiger charge is 2.06. The van der Waals surface area contributed by atoms with Crippen molar-refractivity contribution in [1.82, 2.24) is 9.97 Å². The van der Waals surface area contributed by atoms with Crippen LogP contribution in [0.25, 0.3) is 0 Å². The predicted molar refractivity (Wildman–Crippen MR) is 65.0 cm³/mol. The molecule has 2 rings (SSSR count). The number of nitrogens with zero attached hydrogens (tertiary/aromatic N) is 2. The van der Waals surface area contributed by atoms with Crippen LogP contribution in [-0.4, -0.2) is 21.0 Å². The van der Waals surface area contributed by atoms with Crippen molar-refractivity contribution in [3.63, 3.8) is 0 Å². The molecule has 0 radical (unpaired) electrons. The second-order valence-electron chi connectivity index (χ2n) is 3.83. The molecule has 0 aliphatic carbocycles. The Bertz CT molecular complexity index is 579. The zero-order valence-corrected chi connectivity index (χ0v) is 10.0. The Balaban J connectivity index is 2.23. The molecule has 2 aromatic rings. The van der Waals surface area contributed by atoms with Crippen LogP contribution in [0.15, 0.2) is 30.5 Å². The van der Waals surface area contributed by atoms with Crippen LogP contribution in [0.4, 0.5) is 0 Å². The fourth-order valence-electron chi connectivity index (χ4n) is 1.39. The molecule has 0 aliphatic heterocycles. The van der Waals surface area contributed by atoms with Crippen molar-refractivity contribution < 1.29 is 14.6 Å². The molecule has 0 aliphatic rings. The number of benzene rings is 1. The number of rotatable bonds is 3. The molecule has 92 valence electrons. The molecule has 0 fully saturated rings. The van der Waals surface area contributed by atoms with E-state index in [9.17, 15) is 4.79 Å². The molecule has 0 unspecified atom stereocenters. The number of carboxylic acids is 1. The number of hydrogen-bond donors (Lipinski definition) is 1. The van der Waals surface area contributed by atoms with Crippen LogP contribution in [-0.2, 0) is 0 Å². The predicted octanol–water partition coefficient (Wildman–Crippen LogP) is 2.58. The number of aromatic carboxylic acids is 1. The van der Waals surface area contributed by atoms with E-state index in [1.807, 2.05) is 6.92 Å². The summed E-state index contributed by atoms with van der Waals surface area (Å²) < 4.78 is 5.56. The van der Waals surface area contributed by atoms with Gasteiger partial charge in [0.05, 0.1) is 17.0 Å². The lowest BCUT2D eigenvalue weighted by atomic mass is 10.2. The number of aromatic nitrogens is 2. The fraction of sp³-hybridized carbons (Fsp3) is 0.154. The lowest BCUT2D eigenvalue weighted by Gasteiger charge is -2.07. The minimum absolute atomic E-state index is 0.217. The molecule has 0 saturated carbocycles. The van der Waals surface area contributed by atoms with E-state index in [0.29, 0.717) is 17.3 Å². The largest absolute Gasteiger partial charge is 0.478 e. The van der Waals surface area contributed by atoms with Gasteiger partial charge < -0.3 is 9.84 Å². The van der Waals surface area contributed by atoms with Crippen molar-refractivity contribution in [1.29, 1.82) is 0 Å². The zero-order chi connectivity index (χ0) is 13.1. The Morgan fingerprint density at radius 1 is 1.22 bits per heavy atom. The van der Waals surface area contributed by atoms with Gasteiger partial charge in [-0.3, -0.25) is 4.98 Å². The molecule has 1 N–H and O–H groups in total. The van der Waals surface area contributed by atoms with E-state index in [1.54, 1.807) is 25.3 Å². The van der Waals surface area contributed by atoms with Crippen LogP contribution in [0.5, 0.6) is 11.6 Å². The molecule has 0 bridgehead atoms. The van der Waals surface area contributed by atoms with Crippen molar-refractivity contribution in [2.24, 2.45) is 0 Å². The summed E-state index contributed by atoms with van der Waals surface area (Å²) in [6.07, 6.45) is 1.66. The quantitative estimate of drug-likeness (QED) is 0.898. The molecule has 1 aromatic carbocycles. The van der Waals surface area contributed by atoms with Gasteiger partial charge in [0, 0.05) is 6.20 Å². The first kappa shape index (κ1) is 12.0. The number of carboxylic acid groups (broad SMARTS) is 1. The van der Waals surface area contributed by atoms with E-state index in [4.69, 9.17) is 9.84 Å². The van der Waals surface area contributed by atoms with Crippen molar-refractivity contribution >= 4 is 5.97 Å². The maximum Gasteiger partial charge on any atom is 0.335 e. The van der Waals surface area contributed by atoms with Crippen LogP contribution in [0, 0.1) is 13.8 Å². The molecular formula is C13H12N2O3. The highest BCUT2D eigenvalue weighted by Crippen LogP contribution is 2.22. The summed E-state index contributed by atoms with van der Waals surface area (Å²) in [5.74, 6) is -0.00541. The first-order valence-corrected chi connectivity index (χ1v) is 5.38. The van der Waals surface area contributed by atoms with Crippen molar-refractivity contribution in [3.8, 4) is 11.6 Å². The van der Waals surface area contributed by atoms with Crippen LogP contribution in [0.3, 0.4) is 0 Å². The number of hydrogen-bond acceptors (Lipinski definition) is 4. The smallest absolute Gasteiger partial charge is 0.335 e. The average molecular weight is 244 g/mol. The topological polar surface area (TPSA) is 72.3 Å². The maximum absolute atomic E-state index is 10.7. The molecule has 0 saturated heterocycles. The number of aryl methyl sites for hydroxylation is 2. The van der Waals surface area contributed by atoms with Gasteiger partial charge in [-0.1, -0.05) is 0 Å². The van der Waals surface area contributed by atoms with Gasteiger partial charge in [-0.2, -0.15) is 0 Å². The van der Waals surface area contributed by atoms with E-state index in [2.05, 4.69) is 9.97 Å². The van der Waals surface area contributed by atoms with Crippen molar-refractivity contribution in [2.75, 3.05) is 0 Å². The van der Waals surface area contributed by atoms with Crippen LogP contribution in [0.2, 0.25) is 0 Å². The van der Waals surface area contributed by atoms with Gasteiger partial charge in [0.15, 0.2) is 0 Å². The average Bonchev–Trinajstić information content (AvgIpc) is 2.34. The first-order valence-electron chi connectivity index (χ1n) is 5.38. The summed E-state index contributed by atoms with van der Waals surface area (Å²) in [5, 5.41) is 8.78. The molecule has 0 amide bonds. The third kappa shape index (κ3) is 2.63. The Morgan fingerprint density at radius 2 is 1.89 bits per heavy atom. The molecule has 5 heteroatoms. The first-order chi connectivity index (χ1) is 8.56. The van der Waals surface area contributed by atoms with E-state index in [-0.39, 0.29) is 5.56 Å². The summed E-state index contributed by atoms with van der Waals surface area (Å²) in [4.78, 5) is 19.1. The molecule has 1 heterocycles. The normalized spacial score (nSPS) is 10.1. The van der Waals surface area contributed by atoms with Gasteiger partial charge in [0.25, 0.3) is 0 Å². The summed E-state index contributed by atoms with van der Waals surface area (Å²) in [6.45, 7) is 3.63. The van der Waals surface area contributed by atoms with Gasteiger partial charge in [-0.05, 0) is 38.1 Å². The minimum atomic E-state index is -0.965. The van der Waals surface area contributed by atoms with Gasteiger partial charge in [-0.25, -0.2) is 9.78 Å². The second kappa shape index (κ2) is 4.83. The number of carbonyl (C=O) groups is 1. The lowest BCUT2D eigenvalue weighted by molar-refractivity contribution is 0.0697. The molecule has 0 atom stereocenters. The molecule has 1 aromatic heterocycles. The number of ether oxygens (including phenoxy) is 1. The molecular weight excluding hydrogens is 232 g/mol. The summed E-state index contributed by atoms with van der Waals surface area (Å²) in [6, 6.07) is 6.15.